The second kappa shape index (κ2) is 6.67. The highest BCUT2D eigenvalue weighted by Gasteiger charge is 2.42. The fourth-order valence-electron chi connectivity index (χ4n) is 4.05. The van der Waals surface area contributed by atoms with Crippen LogP contribution in [0.15, 0.2) is 12.3 Å². The topological polar surface area (TPSA) is 36.3 Å². The molecule has 7 heteroatoms. The summed E-state index contributed by atoms with van der Waals surface area (Å²) >= 11 is 0. The maximum absolute atomic E-state index is 4.62. The Labute approximate surface area is 136 Å². The maximum Gasteiger partial charge on any atom is 0.327 e. The second-order valence-electron chi connectivity index (χ2n) is 7.06. The van der Waals surface area contributed by atoms with Gasteiger partial charge in [0.1, 0.15) is 5.82 Å². The molecule has 0 aliphatic carbocycles. The van der Waals surface area contributed by atoms with Gasteiger partial charge >= 0.3 is 6.98 Å². The number of hydrogen-bond acceptors (Lipinski definition) is 4. The first kappa shape index (κ1) is 17.4. The lowest BCUT2D eigenvalue weighted by atomic mass is 9.60. The van der Waals surface area contributed by atoms with Gasteiger partial charge in [-0.25, -0.2) is 4.68 Å². The quantitative estimate of drug-likeness (QED) is 0.871. The first-order chi connectivity index (χ1) is 10.3. The van der Waals surface area contributed by atoms with Gasteiger partial charge in [-0.3, -0.25) is 0 Å². The van der Waals surface area contributed by atoms with Crippen LogP contribution in [-0.2, 0) is 5.54 Å². The van der Waals surface area contributed by atoms with Crippen molar-refractivity contribution in [1.29, 1.82) is 0 Å². The van der Waals surface area contributed by atoms with Crippen molar-refractivity contribution in [3.8, 4) is 0 Å². The minimum absolute atomic E-state index is 0.0640. The normalized spacial score (nSPS) is 23.5. The molecular formula is C15H31B2N5. The number of fused-ring (bicyclic) bond motifs is 1. The summed E-state index contributed by atoms with van der Waals surface area (Å²) in [6.45, 7) is 15.4. The molecule has 0 saturated heterocycles. The smallest absolute Gasteiger partial charge is 0.327 e. The van der Waals surface area contributed by atoms with Crippen LogP contribution in [0.3, 0.4) is 0 Å². The predicted molar refractivity (Wildman–Crippen MR) is 97.2 cm³/mol. The summed E-state index contributed by atoms with van der Waals surface area (Å²) in [4.78, 5) is 2.52. The van der Waals surface area contributed by atoms with Gasteiger partial charge < -0.3 is 14.8 Å². The van der Waals surface area contributed by atoms with Gasteiger partial charge in [-0.05, 0) is 46.3 Å². The lowest BCUT2D eigenvalue weighted by Crippen LogP contribution is -2.61. The third-order valence-electron chi connectivity index (χ3n) is 5.29. The van der Waals surface area contributed by atoms with Crippen LogP contribution < -0.4 is 5.23 Å². The zero-order chi connectivity index (χ0) is 16.5. The van der Waals surface area contributed by atoms with Crippen LogP contribution >= 0.6 is 0 Å². The third kappa shape index (κ3) is 2.93. The molecule has 0 amide bonds. The summed E-state index contributed by atoms with van der Waals surface area (Å²) in [7, 11) is 2.25. The molecule has 2 rings (SSSR count). The highest BCUT2D eigenvalue weighted by atomic mass is 15.4. The molecule has 1 aliphatic heterocycles. The van der Waals surface area contributed by atoms with E-state index in [-0.39, 0.29) is 12.5 Å². The van der Waals surface area contributed by atoms with E-state index < -0.39 is 0 Å². The average Bonchev–Trinajstić information content (AvgIpc) is 2.92. The van der Waals surface area contributed by atoms with E-state index in [1.807, 2.05) is 6.20 Å². The molecule has 1 unspecified atom stereocenters. The summed E-state index contributed by atoms with van der Waals surface area (Å²) < 4.78 is 4.71. The van der Waals surface area contributed by atoms with E-state index in [2.05, 4.69) is 79.0 Å². The largest absolute Gasteiger partial charge is 0.400 e. The van der Waals surface area contributed by atoms with Gasteiger partial charge in [-0.15, -0.1) is 0 Å². The molecule has 2 heterocycles. The van der Waals surface area contributed by atoms with Gasteiger partial charge in [0.15, 0.2) is 0 Å². The number of hydrogen-bond donors (Lipinski definition) is 1. The monoisotopic (exact) mass is 303 g/mol. The van der Waals surface area contributed by atoms with Gasteiger partial charge in [-0.1, -0.05) is 27.5 Å². The summed E-state index contributed by atoms with van der Waals surface area (Å²) in [6, 6.07) is 2.51. The maximum atomic E-state index is 4.62. The Balaban J connectivity index is 2.50. The Hall–Kier alpha value is -0.940. The fourth-order valence-corrected chi connectivity index (χ4v) is 4.05. The Bertz CT molecular complexity index is 490. The van der Waals surface area contributed by atoms with Crippen molar-refractivity contribution in [3.05, 3.63) is 12.3 Å². The summed E-state index contributed by atoms with van der Waals surface area (Å²) in [6.07, 6.45) is 4.16. The number of rotatable bonds is 3. The van der Waals surface area contributed by atoms with Gasteiger partial charge in [0.25, 0.3) is 6.98 Å². The van der Waals surface area contributed by atoms with Gasteiger partial charge in [0, 0.05) is 6.04 Å². The fraction of sp³-hybridized carbons (Fsp3) is 0.800. The first-order valence-corrected chi connectivity index (χ1v) is 8.63. The lowest BCUT2D eigenvalue weighted by Gasteiger charge is -2.44. The highest BCUT2D eigenvalue weighted by molar-refractivity contribution is 6.71. The lowest BCUT2D eigenvalue weighted by molar-refractivity contribution is 0.158. The molecule has 0 fully saturated rings. The number of nitrogens with zero attached hydrogens (tertiary/aromatic N) is 4. The van der Waals surface area contributed by atoms with Crippen molar-refractivity contribution in [2.75, 3.05) is 18.8 Å². The van der Waals surface area contributed by atoms with Crippen LogP contribution in [0.25, 0.3) is 0 Å². The van der Waals surface area contributed by atoms with Crippen LogP contribution in [0.5, 0.6) is 0 Å². The Morgan fingerprint density at radius 2 is 2.00 bits per heavy atom. The molecule has 0 aromatic carbocycles. The minimum atomic E-state index is -0.0640. The highest BCUT2D eigenvalue weighted by Crippen LogP contribution is 2.31. The van der Waals surface area contributed by atoms with Crippen molar-refractivity contribution in [2.24, 2.45) is 0 Å². The number of likely N-dealkylation sites (N-methyl/N-ethyl adjacent to an activating group) is 1. The molecule has 0 spiro atoms. The molecule has 22 heavy (non-hydrogen) atoms. The van der Waals surface area contributed by atoms with Gasteiger partial charge in [-0.2, -0.15) is 5.10 Å². The Kier molecular flexibility index (Phi) is 5.28. The molecular weight excluding hydrogens is 272 g/mol. The Morgan fingerprint density at radius 1 is 1.32 bits per heavy atom. The van der Waals surface area contributed by atoms with E-state index in [1.54, 1.807) is 0 Å². The van der Waals surface area contributed by atoms with E-state index in [9.17, 15) is 0 Å². The van der Waals surface area contributed by atoms with Gasteiger partial charge in [0.2, 0.25) is 0 Å². The van der Waals surface area contributed by atoms with Crippen LogP contribution in [0.2, 0.25) is 13.6 Å². The first-order valence-electron chi connectivity index (χ1n) is 8.63. The van der Waals surface area contributed by atoms with Crippen LogP contribution in [0, 0.1) is 0 Å². The van der Waals surface area contributed by atoms with Crippen molar-refractivity contribution in [2.45, 2.75) is 65.8 Å². The van der Waals surface area contributed by atoms with E-state index in [0.29, 0.717) is 13.0 Å². The average molecular weight is 303 g/mol. The number of aromatic nitrogens is 2. The predicted octanol–water partition coefficient (Wildman–Crippen LogP) is 2.70. The summed E-state index contributed by atoms with van der Waals surface area (Å²) in [5.74, 6) is 1.11. The molecule has 1 N–H and O–H groups in total. The standard InChI is InChI=1S/C15H31B2N5/c1-8-12-21-16(5)19-14-10-11-18-22(14)15(3,4)13(9-2)20(7)17(21)6/h10-11,13,19H,8-9,12H2,1-7H3. The molecule has 5 nitrogen and oxygen atoms in total. The van der Waals surface area contributed by atoms with E-state index >= 15 is 0 Å². The summed E-state index contributed by atoms with van der Waals surface area (Å²) in [5, 5.41) is 8.29. The SMILES string of the molecule is CCCN1B(C)Nc2ccnn2C(C)(C)C(CC)N(C)B1C. The van der Waals surface area contributed by atoms with Crippen molar-refractivity contribution in [3.63, 3.8) is 0 Å². The van der Waals surface area contributed by atoms with Crippen LogP contribution in [0.1, 0.15) is 40.5 Å². The Morgan fingerprint density at radius 3 is 2.59 bits per heavy atom. The van der Waals surface area contributed by atoms with E-state index in [0.717, 1.165) is 25.2 Å². The van der Waals surface area contributed by atoms with Crippen molar-refractivity contribution >= 4 is 19.8 Å². The minimum Gasteiger partial charge on any atom is -0.400 e. The van der Waals surface area contributed by atoms with Crippen molar-refractivity contribution in [1.82, 2.24) is 19.3 Å². The molecule has 1 atom stereocenters. The molecule has 1 aromatic rings. The molecule has 0 radical (unpaired) electrons. The molecule has 1 aromatic heterocycles. The molecule has 0 bridgehead atoms. The van der Waals surface area contributed by atoms with E-state index in [4.69, 9.17) is 0 Å². The molecule has 1 aliphatic rings. The van der Waals surface area contributed by atoms with Crippen LogP contribution in [0.4, 0.5) is 5.82 Å². The molecule has 0 saturated carbocycles. The third-order valence-corrected chi connectivity index (χ3v) is 5.29. The molecule has 122 valence electrons. The zero-order valence-corrected chi connectivity index (χ0v) is 15.3. The van der Waals surface area contributed by atoms with Gasteiger partial charge in [0.05, 0.1) is 11.7 Å². The number of nitrogens with one attached hydrogen (secondary N) is 1. The van der Waals surface area contributed by atoms with E-state index in [1.165, 1.54) is 0 Å². The van der Waals surface area contributed by atoms with Crippen LogP contribution in [-0.4, -0.2) is 52.9 Å². The second-order valence-corrected chi connectivity index (χ2v) is 7.06. The summed E-state index contributed by atoms with van der Waals surface area (Å²) in [5.41, 5.74) is -0.0640. The number of anilines is 1. The zero-order valence-electron chi connectivity index (χ0n) is 15.3. The van der Waals surface area contributed by atoms with Crippen molar-refractivity contribution < 1.29 is 0 Å².